The Kier molecular flexibility index (Phi) is 4.93. The van der Waals surface area contributed by atoms with E-state index >= 15 is 0 Å². The first-order valence-corrected chi connectivity index (χ1v) is 6.80. The molecular formula is C15H22N2O2. The maximum atomic E-state index is 11.4. The van der Waals surface area contributed by atoms with Crippen LogP contribution in [0.4, 0.5) is 0 Å². The summed E-state index contributed by atoms with van der Waals surface area (Å²) in [4.78, 5) is 13.7. The first kappa shape index (κ1) is 14.0. The molecule has 4 heteroatoms. The maximum absolute atomic E-state index is 11.4. The van der Waals surface area contributed by atoms with E-state index in [1.165, 1.54) is 18.4 Å². The summed E-state index contributed by atoms with van der Waals surface area (Å²) in [5.74, 6) is -0.0424. The van der Waals surface area contributed by atoms with Crippen molar-refractivity contribution in [3.05, 3.63) is 35.4 Å². The van der Waals surface area contributed by atoms with Crippen LogP contribution in [0.5, 0.6) is 0 Å². The summed E-state index contributed by atoms with van der Waals surface area (Å²) < 4.78 is 5.63. The highest BCUT2D eigenvalue weighted by atomic mass is 16.5. The third kappa shape index (κ3) is 4.04. The van der Waals surface area contributed by atoms with Gasteiger partial charge in [0.2, 0.25) is 0 Å². The number of amides is 1. The Labute approximate surface area is 114 Å². The molecule has 1 unspecified atom stereocenters. The number of rotatable bonds is 5. The predicted octanol–water partition coefficient (Wildman–Crippen LogP) is 1.66. The van der Waals surface area contributed by atoms with Gasteiger partial charge in [-0.25, -0.2) is 0 Å². The molecule has 0 radical (unpaired) electrons. The quantitative estimate of drug-likeness (QED) is 0.877. The van der Waals surface area contributed by atoms with Gasteiger partial charge < -0.3 is 10.1 Å². The molecule has 0 spiro atoms. The van der Waals surface area contributed by atoms with Crippen LogP contribution in [0, 0.1) is 0 Å². The van der Waals surface area contributed by atoms with E-state index in [-0.39, 0.29) is 5.91 Å². The highest BCUT2D eigenvalue weighted by Gasteiger charge is 2.17. The molecule has 1 heterocycles. The third-order valence-corrected chi connectivity index (χ3v) is 3.43. The van der Waals surface area contributed by atoms with Crippen LogP contribution in [-0.2, 0) is 11.3 Å². The molecule has 1 aromatic carbocycles. The Morgan fingerprint density at radius 1 is 1.42 bits per heavy atom. The Bertz CT molecular complexity index is 411. The molecule has 1 fully saturated rings. The zero-order valence-corrected chi connectivity index (χ0v) is 11.7. The number of carbonyl (C=O) groups is 1. The van der Waals surface area contributed by atoms with Gasteiger partial charge >= 0.3 is 0 Å². The zero-order chi connectivity index (χ0) is 13.7. The van der Waals surface area contributed by atoms with Gasteiger partial charge in [-0.3, -0.25) is 9.69 Å². The number of nitrogens with zero attached hydrogens (tertiary/aromatic N) is 1. The summed E-state index contributed by atoms with van der Waals surface area (Å²) in [6.45, 7) is 2.75. The van der Waals surface area contributed by atoms with Gasteiger partial charge in [0, 0.05) is 32.3 Å². The molecule has 0 aromatic heterocycles. The molecule has 0 bridgehead atoms. The van der Waals surface area contributed by atoms with Crippen LogP contribution in [0.25, 0.3) is 0 Å². The Morgan fingerprint density at radius 3 is 2.74 bits per heavy atom. The number of likely N-dealkylation sites (N-methyl/N-ethyl adjacent to an activating group) is 1. The van der Waals surface area contributed by atoms with Gasteiger partial charge in [0.1, 0.15) is 0 Å². The van der Waals surface area contributed by atoms with Crippen molar-refractivity contribution in [2.75, 3.05) is 27.2 Å². The maximum Gasteiger partial charge on any atom is 0.251 e. The lowest BCUT2D eigenvalue weighted by Gasteiger charge is -2.20. The fourth-order valence-electron chi connectivity index (χ4n) is 2.42. The molecule has 4 nitrogen and oxygen atoms in total. The molecule has 1 atom stereocenters. The van der Waals surface area contributed by atoms with Crippen LogP contribution in [-0.4, -0.2) is 44.2 Å². The normalized spacial score (nSPS) is 18.8. The number of ether oxygens (including phenoxy) is 1. The van der Waals surface area contributed by atoms with Crippen molar-refractivity contribution in [1.29, 1.82) is 0 Å². The molecule has 1 aliphatic rings. The van der Waals surface area contributed by atoms with Gasteiger partial charge in [-0.2, -0.15) is 0 Å². The average Bonchev–Trinajstić information content (AvgIpc) is 2.91. The van der Waals surface area contributed by atoms with Crippen molar-refractivity contribution in [1.82, 2.24) is 10.2 Å². The minimum absolute atomic E-state index is 0.0424. The van der Waals surface area contributed by atoms with Gasteiger partial charge in [0.05, 0.1) is 6.10 Å². The van der Waals surface area contributed by atoms with Crippen molar-refractivity contribution in [2.24, 2.45) is 0 Å². The van der Waals surface area contributed by atoms with Crippen LogP contribution in [0.1, 0.15) is 28.8 Å². The number of benzene rings is 1. The fraction of sp³-hybridized carbons (Fsp3) is 0.533. The largest absolute Gasteiger partial charge is 0.377 e. The molecule has 2 rings (SSSR count). The molecular weight excluding hydrogens is 240 g/mol. The molecule has 1 amide bonds. The minimum Gasteiger partial charge on any atom is -0.377 e. The van der Waals surface area contributed by atoms with Gasteiger partial charge in [-0.15, -0.1) is 0 Å². The summed E-state index contributed by atoms with van der Waals surface area (Å²) >= 11 is 0. The molecule has 19 heavy (non-hydrogen) atoms. The highest BCUT2D eigenvalue weighted by Crippen LogP contribution is 2.14. The Morgan fingerprint density at radius 2 is 2.16 bits per heavy atom. The first-order valence-electron chi connectivity index (χ1n) is 6.80. The third-order valence-electron chi connectivity index (χ3n) is 3.43. The molecule has 1 aromatic rings. The van der Waals surface area contributed by atoms with Crippen LogP contribution in [0.3, 0.4) is 0 Å². The van der Waals surface area contributed by atoms with E-state index in [0.29, 0.717) is 11.7 Å². The van der Waals surface area contributed by atoms with Crippen molar-refractivity contribution in [2.45, 2.75) is 25.5 Å². The van der Waals surface area contributed by atoms with Crippen molar-refractivity contribution in [3.8, 4) is 0 Å². The van der Waals surface area contributed by atoms with Gasteiger partial charge in [-0.05, 0) is 37.6 Å². The smallest absolute Gasteiger partial charge is 0.251 e. The van der Waals surface area contributed by atoms with Crippen LogP contribution < -0.4 is 5.32 Å². The molecule has 0 aliphatic carbocycles. The van der Waals surface area contributed by atoms with E-state index in [1.54, 1.807) is 7.05 Å². The summed E-state index contributed by atoms with van der Waals surface area (Å²) in [6, 6.07) is 7.76. The van der Waals surface area contributed by atoms with Crippen molar-refractivity contribution in [3.63, 3.8) is 0 Å². The lowest BCUT2D eigenvalue weighted by atomic mass is 10.1. The highest BCUT2D eigenvalue weighted by molar-refractivity contribution is 5.93. The molecule has 0 saturated carbocycles. The van der Waals surface area contributed by atoms with Crippen molar-refractivity contribution >= 4 is 5.91 Å². The van der Waals surface area contributed by atoms with Crippen LogP contribution >= 0.6 is 0 Å². The second-order valence-electron chi connectivity index (χ2n) is 5.11. The summed E-state index contributed by atoms with van der Waals surface area (Å²) in [5, 5.41) is 2.62. The average molecular weight is 262 g/mol. The van der Waals surface area contributed by atoms with Crippen LogP contribution in [0.2, 0.25) is 0 Å². The number of carbonyl (C=O) groups excluding carboxylic acids is 1. The summed E-state index contributed by atoms with van der Waals surface area (Å²) in [6.07, 6.45) is 2.73. The van der Waals surface area contributed by atoms with Gasteiger partial charge in [-0.1, -0.05) is 12.1 Å². The SMILES string of the molecule is CNC(=O)c1ccc(CN(C)CC2CCCO2)cc1. The molecule has 1 N–H and O–H groups in total. The van der Waals surface area contributed by atoms with Crippen molar-refractivity contribution < 1.29 is 9.53 Å². The van der Waals surface area contributed by atoms with E-state index in [9.17, 15) is 4.79 Å². The summed E-state index contributed by atoms with van der Waals surface area (Å²) in [7, 11) is 3.75. The second kappa shape index (κ2) is 6.68. The first-order chi connectivity index (χ1) is 9.19. The minimum atomic E-state index is -0.0424. The molecule has 1 aliphatic heterocycles. The van der Waals surface area contributed by atoms with E-state index in [1.807, 2.05) is 24.3 Å². The lowest BCUT2D eigenvalue weighted by molar-refractivity contribution is 0.0793. The monoisotopic (exact) mass is 262 g/mol. The van der Waals surface area contributed by atoms with E-state index in [0.717, 1.165) is 19.7 Å². The van der Waals surface area contributed by atoms with Gasteiger partial charge in [0.15, 0.2) is 0 Å². The number of hydrogen-bond acceptors (Lipinski definition) is 3. The lowest BCUT2D eigenvalue weighted by Crippen LogP contribution is -2.28. The Balaban J connectivity index is 1.86. The Hall–Kier alpha value is -1.39. The van der Waals surface area contributed by atoms with E-state index < -0.39 is 0 Å². The fourth-order valence-corrected chi connectivity index (χ4v) is 2.42. The molecule has 1 saturated heterocycles. The predicted molar refractivity (Wildman–Crippen MR) is 75.1 cm³/mol. The van der Waals surface area contributed by atoms with Gasteiger partial charge in [0.25, 0.3) is 5.91 Å². The standard InChI is InChI=1S/C15H22N2O2/c1-16-15(18)13-7-5-12(6-8-13)10-17(2)11-14-4-3-9-19-14/h5-8,14H,3-4,9-11H2,1-2H3,(H,16,18). The number of nitrogens with one attached hydrogen (secondary N) is 1. The van der Waals surface area contributed by atoms with Crippen LogP contribution in [0.15, 0.2) is 24.3 Å². The van der Waals surface area contributed by atoms with E-state index in [4.69, 9.17) is 4.74 Å². The summed E-state index contributed by atoms with van der Waals surface area (Å²) in [5.41, 5.74) is 1.92. The van der Waals surface area contributed by atoms with E-state index in [2.05, 4.69) is 17.3 Å². The molecule has 104 valence electrons. The number of hydrogen-bond donors (Lipinski definition) is 1. The topological polar surface area (TPSA) is 41.6 Å². The zero-order valence-electron chi connectivity index (χ0n) is 11.7. The second-order valence-corrected chi connectivity index (χ2v) is 5.11.